The third-order valence-electron chi connectivity index (χ3n) is 3.64. The van der Waals surface area contributed by atoms with Gasteiger partial charge in [0.15, 0.2) is 0 Å². The summed E-state index contributed by atoms with van der Waals surface area (Å²) in [5.41, 5.74) is -0.175. The monoisotopic (exact) mass is 393 g/mol. The topological polar surface area (TPSA) is 77.6 Å². The van der Waals surface area contributed by atoms with E-state index in [0.717, 1.165) is 12.1 Å². The van der Waals surface area contributed by atoms with Crippen LogP contribution in [0.2, 0.25) is 0 Å². The van der Waals surface area contributed by atoms with Crippen molar-refractivity contribution in [3.8, 4) is 17.2 Å². The normalized spacial score (nSPS) is 11.3. The number of nitrogens with one attached hydrogen (secondary N) is 1. The molecule has 0 saturated heterocycles. The number of pyridine rings is 1. The lowest BCUT2D eigenvalue weighted by atomic mass is 10.1. The smallest absolute Gasteiger partial charge is 0.462 e. The molecular formula is C19H14F3NO5. The Morgan fingerprint density at radius 2 is 1.68 bits per heavy atom. The zero-order valence-corrected chi connectivity index (χ0v) is 14.5. The summed E-state index contributed by atoms with van der Waals surface area (Å²) in [4.78, 5) is 27.2. The Bertz CT molecular complexity index is 1060. The van der Waals surface area contributed by atoms with Crippen molar-refractivity contribution < 1.29 is 32.2 Å². The highest BCUT2D eigenvalue weighted by molar-refractivity contribution is 5.93. The van der Waals surface area contributed by atoms with Gasteiger partial charge in [0.25, 0.3) is 0 Å². The summed E-state index contributed by atoms with van der Waals surface area (Å²) in [6, 6.07) is 9.39. The number of rotatable bonds is 5. The van der Waals surface area contributed by atoms with E-state index in [1.54, 1.807) is 19.1 Å². The number of carbonyl (C=O) groups is 1. The van der Waals surface area contributed by atoms with Crippen LogP contribution in [-0.4, -0.2) is 23.9 Å². The molecule has 0 fully saturated rings. The summed E-state index contributed by atoms with van der Waals surface area (Å²) in [6.45, 7) is 1.76. The molecule has 1 aromatic heterocycles. The van der Waals surface area contributed by atoms with E-state index < -0.39 is 17.8 Å². The number of hydrogen-bond acceptors (Lipinski definition) is 5. The second-order valence-electron chi connectivity index (χ2n) is 5.58. The minimum absolute atomic E-state index is 0.132. The van der Waals surface area contributed by atoms with Crippen LogP contribution in [0, 0.1) is 0 Å². The maximum absolute atomic E-state index is 12.5. The number of H-pyrrole nitrogens is 1. The zero-order chi connectivity index (χ0) is 20.3. The van der Waals surface area contributed by atoms with Crippen LogP contribution in [0.15, 0.2) is 53.5 Å². The van der Waals surface area contributed by atoms with Crippen molar-refractivity contribution in [3.05, 3.63) is 64.4 Å². The van der Waals surface area contributed by atoms with Gasteiger partial charge in [-0.25, -0.2) is 4.79 Å². The standard InChI is InChI=1S/C19H14F3NO5/c1-2-26-18(25)15-10-23-16-8-7-13(9-14(16)17(15)24)27-11-3-5-12(6-4-11)28-19(20,21)22/h3-10H,2H2,1H3,(H,23,24). The molecule has 3 rings (SSSR count). The molecule has 1 heterocycles. The van der Waals surface area contributed by atoms with Gasteiger partial charge in [-0.3, -0.25) is 4.79 Å². The minimum Gasteiger partial charge on any atom is -0.462 e. The van der Waals surface area contributed by atoms with Crippen LogP contribution in [0.5, 0.6) is 17.2 Å². The Kier molecular flexibility index (Phi) is 5.25. The van der Waals surface area contributed by atoms with Crippen LogP contribution in [0.4, 0.5) is 13.2 Å². The molecule has 3 aromatic rings. The Balaban J connectivity index is 1.86. The first kappa shape index (κ1) is 19.3. The van der Waals surface area contributed by atoms with Crippen LogP contribution >= 0.6 is 0 Å². The number of aromatic amines is 1. The number of ether oxygens (including phenoxy) is 3. The minimum atomic E-state index is -4.78. The van der Waals surface area contributed by atoms with Crippen LogP contribution in [0.1, 0.15) is 17.3 Å². The average molecular weight is 393 g/mol. The van der Waals surface area contributed by atoms with Gasteiger partial charge in [0.2, 0.25) is 5.43 Å². The molecule has 2 aromatic carbocycles. The highest BCUT2D eigenvalue weighted by Crippen LogP contribution is 2.28. The first-order chi connectivity index (χ1) is 13.3. The van der Waals surface area contributed by atoms with E-state index in [1.807, 2.05) is 0 Å². The fraction of sp³-hybridized carbons (Fsp3) is 0.158. The lowest BCUT2D eigenvalue weighted by Crippen LogP contribution is -2.18. The number of aromatic nitrogens is 1. The van der Waals surface area contributed by atoms with Gasteiger partial charge >= 0.3 is 12.3 Å². The van der Waals surface area contributed by atoms with E-state index >= 15 is 0 Å². The van der Waals surface area contributed by atoms with Crippen molar-refractivity contribution in [1.82, 2.24) is 4.98 Å². The Morgan fingerprint density at radius 1 is 1.04 bits per heavy atom. The van der Waals surface area contributed by atoms with Crippen LogP contribution in [-0.2, 0) is 4.74 Å². The Labute approximate surface area is 156 Å². The SMILES string of the molecule is CCOC(=O)c1c[nH]c2ccc(Oc3ccc(OC(F)(F)F)cc3)cc2c1=O. The van der Waals surface area contributed by atoms with Crippen molar-refractivity contribution in [2.75, 3.05) is 6.61 Å². The number of esters is 1. The van der Waals surface area contributed by atoms with Crippen molar-refractivity contribution in [2.24, 2.45) is 0 Å². The quantitative estimate of drug-likeness (QED) is 0.651. The molecule has 0 radical (unpaired) electrons. The molecule has 0 unspecified atom stereocenters. The number of hydrogen-bond donors (Lipinski definition) is 1. The molecule has 0 amide bonds. The number of benzene rings is 2. The highest BCUT2D eigenvalue weighted by atomic mass is 19.4. The van der Waals surface area contributed by atoms with Crippen molar-refractivity contribution >= 4 is 16.9 Å². The molecule has 0 aliphatic heterocycles. The molecule has 0 aliphatic rings. The van der Waals surface area contributed by atoms with E-state index in [1.165, 1.54) is 24.4 Å². The molecule has 0 atom stereocenters. The lowest BCUT2D eigenvalue weighted by Gasteiger charge is -2.10. The first-order valence-electron chi connectivity index (χ1n) is 8.13. The van der Waals surface area contributed by atoms with Crippen molar-refractivity contribution in [2.45, 2.75) is 13.3 Å². The number of carbonyl (C=O) groups excluding carboxylic acids is 1. The zero-order valence-electron chi connectivity index (χ0n) is 14.5. The highest BCUT2D eigenvalue weighted by Gasteiger charge is 2.31. The predicted molar refractivity (Wildman–Crippen MR) is 93.7 cm³/mol. The maximum Gasteiger partial charge on any atom is 0.573 e. The van der Waals surface area contributed by atoms with E-state index in [2.05, 4.69) is 9.72 Å². The van der Waals surface area contributed by atoms with E-state index in [4.69, 9.17) is 9.47 Å². The van der Waals surface area contributed by atoms with Gasteiger partial charge in [-0.05, 0) is 49.4 Å². The predicted octanol–water partition coefficient (Wildman–Crippen LogP) is 4.40. The van der Waals surface area contributed by atoms with Gasteiger partial charge in [-0.1, -0.05) is 0 Å². The molecule has 0 spiro atoms. The Morgan fingerprint density at radius 3 is 2.32 bits per heavy atom. The molecule has 0 saturated carbocycles. The molecule has 6 nitrogen and oxygen atoms in total. The van der Waals surface area contributed by atoms with E-state index in [-0.39, 0.29) is 34.8 Å². The summed E-state index contributed by atoms with van der Waals surface area (Å²) in [7, 11) is 0. The van der Waals surface area contributed by atoms with Gasteiger partial charge in [0, 0.05) is 11.7 Å². The van der Waals surface area contributed by atoms with E-state index in [0.29, 0.717) is 5.52 Å². The fourth-order valence-corrected chi connectivity index (χ4v) is 2.47. The number of fused-ring (bicyclic) bond motifs is 1. The van der Waals surface area contributed by atoms with Gasteiger partial charge in [0.05, 0.1) is 12.0 Å². The second kappa shape index (κ2) is 7.63. The fourth-order valence-electron chi connectivity index (χ4n) is 2.47. The molecule has 0 bridgehead atoms. The van der Waals surface area contributed by atoms with Gasteiger partial charge in [0.1, 0.15) is 22.8 Å². The number of alkyl halides is 3. The summed E-state index contributed by atoms with van der Waals surface area (Å²) in [5.74, 6) is -0.610. The van der Waals surface area contributed by atoms with Crippen LogP contribution < -0.4 is 14.9 Å². The second-order valence-corrected chi connectivity index (χ2v) is 5.58. The number of halogens is 3. The van der Waals surface area contributed by atoms with Crippen molar-refractivity contribution in [1.29, 1.82) is 0 Å². The first-order valence-corrected chi connectivity index (χ1v) is 8.13. The third kappa shape index (κ3) is 4.43. The Hall–Kier alpha value is -3.49. The molecule has 28 heavy (non-hydrogen) atoms. The lowest BCUT2D eigenvalue weighted by molar-refractivity contribution is -0.274. The summed E-state index contributed by atoms with van der Waals surface area (Å²) < 4.78 is 50.8. The molecular weight excluding hydrogens is 379 g/mol. The van der Waals surface area contributed by atoms with Gasteiger partial charge < -0.3 is 19.2 Å². The van der Waals surface area contributed by atoms with E-state index in [9.17, 15) is 22.8 Å². The molecule has 9 heteroatoms. The molecule has 0 aliphatic carbocycles. The summed E-state index contributed by atoms with van der Waals surface area (Å²) in [5, 5.41) is 0.208. The average Bonchev–Trinajstić information content (AvgIpc) is 2.63. The third-order valence-corrected chi connectivity index (χ3v) is 3.64. The largest absolute Gasteiger partial charge is 0.573 e. The van der Waals surface area contributed by atoms with Crippen LogP contribution in [0.3, 0.4) is 0 Å². The maximum atomic E-state index is 12.5. The molecule has 146 valence electrons. The van der Waals surface area contributed by atoms with Gasteiger partial charge in [-0.2, -0.15) is 0 Å². The summed E-state index contributed by atoms with van der Waals surface area (Å²) in [6.07, 6.45) is -3.50. The van der Waals surface area contributed by atoms with Crippen LogP contribution in [0.25, 0.3) is 10.9 Å². The van der Waals surface area contributed by atoms with Gasteiger partial charge in [-0.15, -0.1) is 13.2 Å². The summed E-state index contributed by atoms with van der Waals surface area (Å²) >= 11 is 0. The molecule has 1 N–H and O–H groups in total. The van der Waals surface area contributed by atoms with Crippen molar-refractivity contribution in [3.63, 3.8) is 0 Å².